The lowest BCUT2D eigenvalue weighted by molar-refractivity contribution is 0.0736. The van der Waals surface area contributed by atoms with Crippen molar-refractivity contribution in [2.75, 3.05) is 33.4 Å². The second-order valence-electron chi connectivity index (χ2n) is 5.56. The van der Waals surface area contributed by atoms with Crippen LogP contribution in [0.1, 0.15) is 29.6 Å². The standard InChI is InChI=1S/C16H22N2O3.ClH/c1-17-11-13-4-2-7-18(13)16(19)12-5-6-14-15(10-12)21-9-3-8-20-14;/h5-6,10,13,17H,2-4,7-9,11H2,1H3;1H. The van der Waals surface area contributed by atoms with Gasteiger partial charge >= 0.3 is 0 Å². The number of hydrogen-bond acceptors (Lipinski definition) is 4. The van der Waals surface area contributed by atoms with Crippen molar-refractivity contribution in [1.29, 1.82) is 0 Å². The molecule has 0 saturated carbocycles. The fourth-order valence-electron chi connectivity index (χ4n) is 3.01. The predicted molar refractivity (Wildman–Crippen MR) is 87.3 cm³/mol. The van der Waals surface area contributed by atoms with Crippen LogP contribution in [0.2, 0.25) is 0 Å². The average Bonchev–Trinajstić information content (AvgIpc) is 2.82. The second-order valence-corrected chi connectivity index (χ2v) is 5.56. The maximum Gasteiger partial charge on any atom is 0.254 e. The maximum absolute atomic E-state index is 12.7. The molecular weight excluding hydrogens is 304 g/mol. The smallest absolute Gasteiger partial charge is 0.254 e. The molecule has 122 valence electrons. The number of likely N-dealkylation sites (N-methyl/N-ethyl adjacent to an activating group) is 1. The molecule has 1 unspecified atom stereocenters. The molecule has 0 aliphatic carbocycles. The number of benzene rings is 1. The minimum atomic E-state index is 0. The Labute approximate surface area is 137 Å². The van der Waals surface area contributed by atoms with E-state index in [0.29, 0.717) is 30.6 Å². The van der Waals surface area contributed by atoms with Crippen LogP contribution >= 0.6 is 12.4 Å². The zero-order valence-electron chi connectivity index (χ0n) is 12.8. The van der Waals surface area contributed by atoms with Crippen LogP contribution in [-0.2, 0) is 0 Å². The van der Waals surface area contributed by atoms with Gasteiger partial charge in [-0.1, -0.05) is 0 Å². The van der Waals surface area contributed by atoms with E-state index in [0.717, 1.165) is 38.1 Å². The Morgan fingerprint density at radius 1 is 1.27 bits per heavy atom. The zero-order valence-corrected chi connectivity index (χ0v) is 13.7. The number of likely N-dealkylation sites (tertiary alicyclic amines) is 1. The third-order valence-corrected chi connectivity index (χ3v) is 4.07. The molecule has 0 radical (unpaired) electrons. The Bertz CT molecular complexity index is 524. The van der Waals surface area contributed by atoms with Crippen molar-refractivity contribution >= 4 is 18.3 Å². The number of halogens is 1. The average molecular weight is 327 g/mol. The summed E-state index contributed by atoms with van der Waals surface area (Å²) in [5, 5.41) is 3.17. The first kappa shape index (κ1) is 16.9. The van der Waals surface area contributed by atoms with Crippen LogP contribution in [-0.4, -0.2) is 50.2 Å². The van der Waals surface area contributed by atoms with Crippen LogP contribution in [0.3, 0.4) is 0 Å². The van der Waals surface area contributed by atoms with Gasteiger partial charge in [-0.2, -0.15) is 0 Å². The minimum absolute atomic E-state index is 0. The highest BCUT2D eigenvalue weighted by atomic mass is 35.5. The van der Waals surface area contributed by atoms with E-state index in [1.807, 2.05) is 30.1 Å². The van der Waals surface area contributed by atoms with E-state index in [1.165, 1.54) is 0 Å². The summed E-state index contributed by atoms with van der Waals surface area (Å²) in [6, 6.07) is 5.79. The van der Waals surface area contributed by atoms with Gasteiger partial charge in [0.15, 0.2) is 11.5 Å². The van der Waals surface area contributed by atoms with Gasteiger partial charge in [0, 0.05) is 31.1 Å². The molecule has 0 bridgehead atoms. The molecule has 1 N–H and O–H groups in total. The van der Waals surface area contributed by atoms with Crippen LogP contribution in [0.4, 0.5) is 0 Å². The van der Waals surface area contributed by atoms with Crippen LogP contribution in [0.25, 0.3) is 0 Å². The van der Waals surface area contributed by atoms with Gasteiger partial charge in [0.1, 0.15) is 0 Å². The molecular formula is C16H23ClN2O3. The van der Waals surface area contributed by atoms with Gasteiger partial charge < -0.3 is 19.7 Å². The lowest BCUT2D eigenvalue weighted by atomic mass is 10.1. The molecule has 1 saturated heterocycles. The van der Waals surface area contributed by atoms with E-state index >= 15 is 0 Å². The largest absolute Gasteiger partial charge is 0.490 e. The molecule has 1 aromatic carbocycles. The number of nitrogens with one attached hydrogen (secondary N) is 1. The van der Waals surface area contributed by atoms with Gasteiger partial charge in [0.25, 0.3) is 5.91 Å². The van der Waals surface area contributed by atoms with Crippen LogP contribution in [0.15, 0.2) is 18.2 Å². The lowest BCUT2D eigenvalue weighted by Crippen LogP contribution is -2.40. The van der Waals surface area contributed by atoms with Crippen LogP contribution in [0.5, 0.6) is 11.5 Å². The summed E-state index contributed by atoms with van der Waals surface area (Å²) in [5.74, 6) is 1.50. The van der Waals surface area contributed by atoms with E-state index in [1.54, 1.807) is 0 Å². The third kappa shape index (κ3) is 3.47. The van der Waals surface area contributed by atoms with Crippen molar-refractivity contribution in [3.05, 3.63) is 23.8 Å². The van der Waals surface area contributed by atoms with Crippen molar-refractivity contribution in [3.8, 4) is 11.5 Å². The molecule has 22 heavy (non-hydrogen) atoms. The maximum atomic E-state index is 12.7. The van der Waals surface area contributed by atoms with Crippen molar-refractivity contribution in [1.82, 2.24) is 10.2 Å². The molecule has 2 heterocycles. The number of amides is 1. The minimum Gasteiger partial charge on any atom is -0.490 e. The first-order valence-corrected chi connectivity index (χ1v) is 7.65. The van der Waals surface area contributed by atoms with Gasteiger partial charge in [0.05, 0.1) is 13.2 Å². The normalized spacial score (nSPS) is 20.2. The number of fused-ring (bicyclic) bond motifs is 1. The second kappa shape index (κ2) is 7.70. The summed E-state index contributed by atoms with van der Waals surface area (Å²) in [6.45, 7) is 2.98. The van der Waals surface area contributed by atoms with Crippen LogP contribution in [0, 0.1) is 0 Å². The van der Waals surface area contributed by atoms with E-state index in [9.17, 15) is 4.79 Å². The van der Waals surface area contributed by atoms with E-state index in [2.05, 4.69) is 5.32 Å². The topological polar surface area (TPSA) is 50.8 Å². The molecule has 3 rings (SSSR count). The highest BCUT2D eigenvalue weighted by Crippen LogP contribution is 2.31. The monoisotopic (exact) mass is 326 g/mol. The number of carbonyl (C=O) groups is 1. The first-order valence-electron chi connectivity index (χ1n) is 7.65. The molecule has 1 fully saturated rings. The van der Waals surface area contributed by atoms with Gasteiger partial charge in [-0.25, -0.2) is 0 Å². The summed E-state index contributed by atoms with van der Waals surface area (Å²) in [4.78, 5) is 14.7. The number of ether oxygens (including phenoxy) is 2. The molecule has 0 spiro atoms. The Morgan fingerprint density at radius 2 is 2.05 bits per heavy atom. The molecule has 1 aromatic rings. The SMILES string of the molecule is CNCC1CCCN1C(=O)c1ccc2c(c1)OCCCO2.Cl. The summed E-state index contributed by atoms with van der Waals surface area (Å²) >= 11 is 0. The Morgan fingerprint density at radius 3 is 2.82 bits per heavy atom. The Balaban J connectivity index is 0.00000176. The van der Waals surface area contributed by atoms with Crippen molar-refractivity contribution < 1.29 is 14.3 Å². The van der Waals surface area contributed by atoms with Gasteiger partial charge in [0.2, 0.25) is 0 Å². The highest BCUT2D eigenvalue weighted by Gasteiger charge is 2.29. The summed E-state index contributed by atoms with van der Waals surface area (Å²) in [6.07, 6.45) is 3.01. The summed E-state index contributed by atoms with van der Waals surface area (Å²) in [7, 11) is 1.93. The van der Waals surface area contributed by atoms with E-state index < -0.39 is 0 Å². The molecule has 0 aromatic heterocycles. The Kier molecular flexibility index (Phi) is 5.91. The predicted octanol–water partition coefficient (Wildman–Crippen LogP) is 2.09. The van der Waals surface area contributed by atoms with Gasteiger partial charge in [-0.15, -0.1) is 12.4 Å². The van der Waals surface area contributed by atoms with Gasteiger partial charge in [-0.3, -0.25) is 4.79 Å². The Hall–Kier alpha value is -1.46. The number of carbonyl (C=O) groups excluding carboxylic acids is 1. The molecule has 1 atom stereocenters. The fourth-order valence-corrected chi connectivity index (χ4v) is 3.01. The number of hydrogen-bond donors (Lipinski definition) is 1. The molecule has 1 amide bonds. The molecule has 2 aliphatic heterocycles. The molecule has 6 heteroatoms. The number of nitrogens with zero attached hydrogens (tertiary/aromatic N) is 1. The first-order chi connectivity index (χ1) is 10.3. The van der Waals surface area contributed by atoms with Gasteiger partial charge in [-0.05, 0) is 38.1 Å². The number of rotatable bonds is 3. The van der Waals surface area contributed by atoms with E-state index in [-0.39, 0.29) is 18.3 Å². The summed E-state index contributed by atoms with van der Waals surface area (Å²) in [5.41, 5.74) is 0.683. The van der Waals surface area contributed by atoms with Crippen molar-refractivity contribution in [3.63, 3.8) is 0 Å². The lowest BCUT2D eigenvalue weighted by Gasteiger charge is -2.25. The highest BCUT2D eigenvalue weighted by molar-refractivity contribution is 5.95. The quantitative estimate of drug-likeness (QED) is 0.924. The zero-order chi connectivity index (χ0) is 14.7. The fraction of sp³-hybridized carbons (Fsp3) is 0.562. The molecule has 5 nitrogen and oxygen atoms in total. The summed E-state index contributed by atoms with van der Waals surface area (Å²) < 4.78 is 11.3. The van der Waals surface area contributed by atoms with Crippen molar-refractivity contribution in [2.24, 2.45) is 0 Å². The van der Waals surface area contributed by atoms with Crippen molar-refractivity contribution in [2.45, 2.75) is 25.3 Å². The van der Waals surface area contributed by atoms with E-state index in [4.69, 9.17) is 9.47 Å². The third-order valence-electron chi connectivity index (χ3n) is 4.07. The molecule has 2 aliphatic rings. The van der Waals surface area contributed by atoms with Crippen LogP contribution < -0.4 is 14.8 Å².